The van der Waals surface area contributed by atoms with Crippen LogP contribution in [0.4, 0.5) is 4.79 Å². The molecule has 0 bridgehead atoms. The first-order chi connectivity index (χ1) is 9.35. The summed E-state index contributed by atoms with van der Waals surface area (Å²) in [7, 11) is -3.26. The van der Waals surface area contributed by atoms with E-state index < -0.39 is 21.8 Å². The summed E-state index contributed by atoms with van der Waals surface area (Å²) in [5, 5.41) is 11.5. The zero-order chi connectivity index (χ0) is 15.2. The van der Waals surface area contributed by atoms with Gasteiger partial charge in [-0.05, 0) is 6.42 Å². The molecule has 1 aliphatic heterocycles. The van der Waals surface area contributed by atoms with Crippen LogP contribution >= 0.6 is 0 Å². The zero-order valence-electron chi connectivity index (χ0n) is 11.7. The summed E-state index contributed by atoms with van der Waals surface area (Å²) in [6, 6.07) is -1.15. The largest absolute Gasteiger partial charge is 0.481 e. The highest BCUT2D eigenvalue weighted by atomic mass is 32.2. The Hall–Kier alpha value is -1.31. The Morgan fingerprint density at radius 3 is 2.65 bits per heavy atom. The van der Waals surface area contributed by atoms with Crippen LogP contribution in [-0.2, 0) is 14.6 Å². The van der Waals surface area contributed by atoms with Gasteiger partial charge in [0, 0.05) is 13.1 Å². The SMILES string of the molecule is CCCCCNC(=O)N1CCS(=O)(=O)CC1CC(=O)O. The molecular formula is C12H22N2O5S. The van der Waals surface area contributed by atoms with Crippen LogP contribution in [0.15, 0.2) is 0 Å². The number of carboxylic acids is 1. The number of nitrogens with one attached hydrogen (secondary N) is 1. The summed E-state index contributed by atoms with van der Waals surface area (Å²) in [6.07, 6.45) is 2.56. The number of aliphatic carboxylic acids is 1. The van der Waals surface area contributed by atoms with E-state index >= 15 is 0 Å². The van der Waals surface area contributed by atoms with E-state index in [0.717, 1.165) is 19.3 Å². The molecule has 1 aliphatic rings. The predicted molar refractivity (Wildman–Crippen MR) is 74.3 cm³/mol. The van der Waals surface area contributed by atoms with Crippen LogP contribution < -0.4 is 5.32 Å². The minimum absolute atomic E-state index is 0.0554. The number of amides is 2. The summed E-state index contributed by atoms with van der Waals surface area (Å²) < 4.78 is 23.1. The fraction of sp³-hybridized carbons (Fsp3) is 0.833. The van der Waals surface area contributed by atoms with Gasteiger partial charge < -0.3 is 15.3 Å². The number of carbonyl (C=O) groups excluding carboxylic acids is 1. The van der Waals surface area contributed by atoms with Crippen molar-refractivity contribution in [3.05, 3.63) is 0 Å². The molecule has 0 aromatic carbocycles. The second-order valence-electron chi connectivity index (χ2n) is 5.00. The van der Waals surface area contributed by atoms with Gasteiger partial charge in [0.1, 0.15) is 0 Å². The quantitative estimate of drug-likeness (QED) is 0.694. The van der Waals surface area contributed by atoms with E-state index in [1.807, 2.05) is 0 Å². The van der Waals surface area contributed by atoms with E-state index in [1.165, 1.54) is 4.90 Å². The third-order valence-corrected chi connectivity index (χ3v) is 4.96. The highest BCUT2D eigenvalue weighted by molar-refractivity contribution is 7.91. The summed E-state index contributed by atoms with van der Waals surface area (Å²) in [4.78, 5) is 24.1. The number of sulfone groups is 1. The maximum absolute atomic E-state index is 12.0. The molecule has 0 aromatic rings. The average Bonchev–Trinajstić information content (AvgIpc) is 2.32. The molecular weight excluding hydrogens is 284 g/mol. The molecule has 0 aliphatic carbocycles. The Labute approximate surface area is 119 Å². The fourth-order valence-electron chi connectivity index (χ4n) is 2.20. The number of carboxylic acid groups (broad SMARTS) is 1. The van der Waals surface area contributed by atoms with Gasteiger partial charge in [-0.2, -0.15) is 0 Å². The van der Waals surface area contributed by atoms with Gasteiger partial charge in [0.15, 0.2) is 9.84 Å². The van der Waals surface area contributed by atoms with E-state index in [0.29, 0.717) is 6.54 Å². The van der Waals surface area contributed by atoms with Crippen molar-refractivity contribution in [3.63, 3.8) is 0 Å². The van der Waals surface area contributed by atoms with Crippen LogP contribution in [0.2, 0.25) is 0 Å². The highest BCUT2D eigenvalue weighted by Gasteiger charge is 2.35. The van der Waals surface area contributed by atoms with Crippen molar-refractivity contribution < 1.29 is 23.1 Å². The van der Waals surface area contributed by atoms with Crippen LogP contribution in [0.3, 0.4) is 0 Å². The fourth-order valence-corrected chi connectivity index (χ4v) is 3.72. The minimum atomic E-state index is -3.26. The van der Waals surface area contributed by atoms with Gasteiger partial charge in [0.25, 0.3) is 0 Å². The topological polar surface area (TPSA) is 104 Å². The number of rotatable bonds is 6. The monoisotopic (exact) mass is 306 g/mol. The van der Waals surface area contributed by atoms with Gasteiger partial charge >= 0.3 is 12.0 Å². The molecule has 116 valence electrons. The summed E-state index contributed by atoms with van der Waals surface area (Å²) in [5.74, 6) is -1.48. The molecule has 2 N–H and O–H groups in total. The van der Waals surface area contributed by atoms with Crippen molar-refractivity contribution in [1.82, 2.24) is 10.2 Å². The summed E-state index contributed by atoms with van der Waals surface area (Å²) >= 11 is 0. The van der Waals surface area contributed by atoms with Crippen LogP contribution in [0.5, 0.6) is 0 Å². The van der Waals surface area contributed by atoms with Gasteiger partial charge in [0.05, 0.1) is 24.0 Å². The summed E-state index contributed by atoms with van der Waals surface area (Å²) in [5.41, 5.74) is 0. The van der Waals surface area contributed by atoms with E-state index in [-0.39, 0.29) is 30.5 Å². The molecule has 0 aromatic heterocycles. The van der Waals surface area contributed by atoms with Gasteiger partial charge in [-0.25, -0.2) is 13.2 Å². The number of hydrogen-bond acceptors (Lipinski definition) is 4. The maximum atomic E-state index is 12.0. The van der Waals surface area contributed by atoms with E-state index in [2.05, 4.69) is 12.2 Å². The Balaban J connectivity index is 2.60. The molecule has 1 saturated heterocycles. The van der Waals surface area contributed by atoms with Crippen molar-refractivity contribution in [1.29, 1.82) is 0 Å². The number of nitrogens with zero attached hydrogens (tertiary/aromatic N) is 1. The van der Waals surface area contributed by atoms with Gasteiger partial charge in [0.2, 0.25) is 0 Å². The van der Waals surface area contributed by atoms with E-state index in [9.17, 15) is 18.0 Å². The lowest BCUT2D eigenvalue weighted by Crippen LogP contribution is -2.55. The lowest BCUT2D eigenvalue weighted by Gasteiger charge is -2.34. The van der Waals surface area contributed by atoms with E-state index in [4.69, 9.17) is 5.11 Å². The number of hydrogen-bond donors (Lipinski definition) is 2. The Bertz CT molecular complexity index is 449. The Morgan fingerprint density at radius 1 is 1.35 bits per heavy atom. The molecule has 0 radical (unpaired) electrons. The van der Waals surface area contributed by atoms with Crippen molar-refractivity contribution in [2.45, 2.75) is 38.6 Å². The number of unbranched alkanes of at least 4 members (excludes halogenated alkanes) is 2. The van der Waals surface area contributed by atoms with Crippen molar-refractivity contribution in [2.24, 2.45) is 0 Å². The molecule has 0 spiro atoms. The van der Waals surface area contributed by atoms with Crippen LogP contribution in [-0.4, -0.2) is 61.1 Å². The molecule has 7 nitrogen and oxygen atoms in total. The van der Waals surface area contributed by atoms with Crippen LogP contribution in [0.1, 0.15) is 32.6 Å². The molecule has 2 amide bonds. The molecule has 1 fully saturated rings. The highest BCUT2D eigenvalue weighted by Crippen LogP contribution is 2.15. The molecule has 8 heteroatoms. The molecule has 1 atom stereocenters. The molecule has 1 unspecified atom stereocenters. The molecule has 1 rings (SSSR count). The second-order valence-corrected chi connectivity index (χ2v) is 7.23. The van der Waals surface area contributed by atoms with Gasteiger partial charge in [-0.1, -0.05) is 19.8 Å². The van der Waals surface area contributed by atoms with Gasteiger partial charge in [-0.15, -0.1) is 0 Å². The number of urea groups is 1. The first-order valence-electron chi connectivity index (χ1n) is 6.82. The van der Waals surface area contributed by atoms with Crippen molar-refractivity contribution in [3.8, 4) is 0 Å². The molecule has 1 heterocycles. The Morgan fingerprint density at radius 2 is 2.05 bits per heavy atom. The lowest BCUT2D eigenvalue weighted by molar-refractivity contribution is -0.138. The summed E-state index contributed by atoms with van der Waals surface area (Å²) in [6.45, 7) is 2.63. The van der Waals surface area contributed by atoms with Crippen LogP contribution in [0, 0.1) is 0 Å². The predicted octanol–water partition coefficient (Wildman–Crippen LogP) is 0.460. The third-order valence-electron chi connectivity index (χ3n) is 3.26. The zero-order valence-corrected chi connectivity index (χ0v) is 12.5. The smallest absolute Gasteiger partial charge is 0.317 e. The standard InChI is InChI=1S/C12H22N2O5S/c1-2-3-4-5-13-12(17)14-6-7-20(18,19)9-10(14)8-11(15)16/h10H,2-9H2,1H3,(H,13,17)(H,15,16). The van der Waals surface area contributed by atoms with Gasteiger partial charge in [-0.3, -0.25) is 4.79 Å². The van der Waals surface area contributed by atoms with Crippen LogP contribution in [0.25, 0.3) is 0 Å². The van der Waals surface area contributed by atoms with Crippen molar-refractivity contribution >= 4 is 21.8 Å². The minimum Gasteiger partial charge on any atom is -0.481 e. The lowest BCUT2D eigenvalue weighted by atomic mass is 10.2. The Kier molecular flexibility index (Phi) is 6.25. The van der Waals surface area contributed by atoms with Crippen molar-refractivity contribution in [2.75, 3.05) is 24.6 Å². The maximum Gasteiger partial charge on any atom is 0.317 e. The number of carbonyl (C=O) groups is 2. The normalized spacial score (nSPS) is 21.4. The molecule has 0 saturated carbocycles. The molecule has 20 heavy (non-hydrogen) atoms. The first-order valence-corrected chi connectivity index (χ1v) is 8.64. The third kappa shape index (κ3) is 5.36. The van der Waals surface area contributed by atoms with E-state index in [1.54, 1.807) is 0 Å². The average molecular weight is 306 g/mol. The first kappa shape index (κ1) is 16.7. The second kappa shape index (κ2) is 7.47.